The lowest BCUT2D eigenvalue weighted by Crippen LogP contribution is -2.37. The van der Waals surface area contributed by atoms with Gasteiger partial charge in [-0.3, -0.25) is 0 Å². The normalized spacial score (nSPS) is 15.1. The van der Waals surface area contributed by atoms with Crippen molar-refractivity contribution in [3.8, 4) is 5.75 Å². The minimum Gasteiger partial charge on any atom is -0.406 e. The average molecular weight is 332 g/mol. The van der Waals surface area contributed by atoms with E-state index in [9.17, 15) is 22.7 Å². The molecule has 1 aromatic rings. The molecule has 0 fully saturated rings. The third kappa shape index (κ3) is 5.68. The van der Waals surface area contributed by atoms with E-state index in [0.29, 0.717) is 0 Å². The van der Waals surface area contributed by atoms with Crippen LogP contribution in [-0.2, 0) is 0 Å². The van der Waals surface area contributed by atoms with Gasteiger partial charge in [0.2, 0.25) is 0 Å². The molecule has 0 amide bonds. The Balaban J connectivity index is 0.00000400. The lowest BCUT2D eigenvalue weighted by molar-refractivity contribution is -0.274. The Kier molecular flexibility index (Phi) is 6.47. The van der Waals surface area contributed by atoms with Crippen molar-refractivity contribution in [3.63, 3.8) is 0 Å². The van der Waals surface area contributed by atoms with Gasteiger partial charge in [0.25, 0.3) is 0 Å². The van der Waals surface area contributed by atoms with Crippen molar-refractivity contribution < 1.29 is 27.4 Å². The number of alkyl halides is 3. The maximum absolute atomic E-state index is 13.7. The number of aliphatic hydroxyl groups is 1. The van der Waals surface area contributed by atoms with Crippen LogP contribution >= 0.6 is 12.4 Å². The van der Waals surface area contributed by atoms with Crippen molar-refractivity contribution in [1.82, 2.24) is 0 Å². The largest absolute Gasteiger partial charge is 0.573 e. The Morgan fingerprint density at radius 1 is 1.19 bits per heavy atom. The minimum absolute atomic E-state index is 0. The highest BCUT2D eigenvalue weighted by Crippen LogP contribution is 2.32. The molecule has 0 spiro atoms. The van der Waals surface area contributed by atoms with E-state index in [2.05, 4.69) is 4.74 Å². The number of aliphatic hydroxyl groups excluding tert-OH is 1. The molecule has 0 aliphatic heterocycles. The van der Waals surface area contributed by atoms with Crippen molar-refractivity contribution >= 4 is 12.4 Å². The summed E-state index contributed by atoms with van der Waals surface area (Å²) in [6.07, 6.45) is -6.00. The summed E-state index contributed by atoms with van der Waals surface area (Å²) >= 11 is 0. The highest BCUT2D eigenvalue weighted by molar-refractivity contribution is 5.85. The molecule has 0 heterocycles. The molecule has 1 aromatic carbocycles. The van der Waals surface area contributed by atoms with Gasteiger partial charge in [-0.15, -0.1) is 25.6 Å². The van der Waals surface area contributed by atoms with Gasteiger partial charge >= 0.3 is 6.36 Å². The molecule has 21 heavy (non-hydrogen) atoms. The second kappa shape index (κ2) is 6.81. The first-order valence-electron chi connectivity index (χ1n) is 5.90. The van der Waals surface area contributed by atoms with Crippen LogP contribution in [0.15, 0.2) is 18.2 Å². The van der Waals surface area contributed by atoms with Crippen molar-refractivity contribution in [2.75, 3.05) is 0 Å². The number of hydrogen-bond donors (Lipinski definition) is 2. The lowest BCUT2D eigenvalue weighted by Gasteiger charge is -2.31. The number of ether oxygens (including phenoxy) is 1. The smallest absolute Gasteiger partial charge is 0.406 e. The summed E-state index contributed by atoms with van der Waals surface area (Å²) in [7, 11) is 0. The minimum atomic E-state index is -4.87. The molecule has 0 bridgehead atoms. The van der Waals surface area contributed by atoms with E-state index >= 15 is 0 Å². The molecule has 0 aliphatic rings. The van der Waals surface area contributed by atoms with Crippen LogP contribution in [-0.4, -0.2) is 17.6 Å². The van der Waals surface area contributed by atoms with Crippen molar-refractivity contribution in [2.45, 2.75) is 39.3 Å². The zero-order valence-corrected chi connectivity index (χ0v) is 12.6. The zero-order chi connectivity index (χ0) is 15.7. The molecular weight excluding hydrogens is 314 g/mol. The van der Waals surface area contributed by atoms with E-state index in [1.807, 2.05) is 0 Å². The fraction of sp³-hybridized carbons (Fsp3) is 0.538. The Morgan fingerprint density at radius 2 is 1.71 bits per heavy atom. The van der Waals surface area contributed by atoms with Gasteiger partial charge in [0, 0.05) is 5.56 Å². The molecule has 3 N–H and O–H groups in total. The molecule has 3 nitrogen and oxygen atoms in total. The number of rotatable bonds is 3. The van der Waals surface area contributed by atoms with Crippen LogP contribution in [0.4, 0.5) is 17.6 Å². The predicted octanol–water partition coefficient (Wildman–Crippen LogP) is 3.55. The Labute approximate surface area is 126 Å². The molecule has 122 valence electrons. The maximum Gasteiger partial charge on any atom is 0.573 e. The zero-order valence-electron chi connectivity index (χ0n) is 11.7. The van der Waals surface area contributed by atoms with E-state index in [4.69, 9.17) is 5.73 Å². The Hall–Kier alpha value is -1.05. The molecule has 0 aromatic heterocycles. The van der Waals surface area contributed by atoms with Crippen LogP contribution < -0.4 is 10.5 Å². The Morgan fingerprint density at radius 3 is 2.14 bits per heavy atom. The van der Waals surface area contributed by atoms with Gasteiger partial charge in [0.15, 0.2) is 0 Å². The first-order valence-corrected chi connectivity index (χ1v) is 5.90. The fourth-order valence-corrected chi connectivity index (χ4v) is 1.68. The third-order valence-corrected chi connectivity index (χ3v) is 2.79. The van der Waals surface area contributed by atoms with Crippen LogP contribution in [0.3, 0.4) is 0 Å². The highest BCUT2D eigenvalue weighted by atomic mass is 35.5. The number of hydrogen-bond acceptors (Lipinski definition) is 3. The summed E-state index contributed by atoms with van der Waals surface area (Å²) in [5.74, 6) is -1.37. The molecule has 0 aliphatic carbocycles. The van der Waals surface area contributed by atoms with Crippen LogP contribution in [0.1, 0.15) is 32.4 Å². The standard InChI is InChI=1S/C13H17F4NO2.ClH/c1-12(2,3)11(19)10(18)8-6-7(4-5-9(8)14)20-13(15,16)17;/h4-6,10-11,19H,18H2,1-3H3;1H/t10-,11-;/m1./s1. The molecule has 0 saturated heterocycles. The summed E-state index contributed by atoms with van der Waals surface area (Å²) < 4.78 is 53.8. The van der Waals surface area contributed by atoms with Crippen molar-refractivity contribution in [1.29, 1.82) is 0 Å². The van der Waals surface area contributed by atoms with E-state index < -0.39 is 35.5 Å². The highest BCUT2D eigenvalue weighted by Gasteiger charge is 2.33. The third-order valence-electron chi connectivity index (χ3n) is 2.79. The van der Waals surface area contributed by atoms with Gasteiger partial charge in [-0.1, -0.05) is 20.8 Å². The van der Waals surface area contributed by atoms with E-state index in [-0.39, 0.29) is 18.0 Å². The average Bonchev–Trinajstić information content (AvgIpc) is 2.26. The van der Waals surface area contributed by atoms with Crippen molar-refractivity contribution in [2.24, 2.45) is 11.1 Å². The molecule has 2 atom stereocenters. The first kappa shape index (κ1) is 19.9. The van der Waals surface area contributed by atoms with Gasteiger partial charge in [-0.05, 0) is 23.6 Å². The van der Waals surface area contributed by atoms with Gasteiger partial charge < -0.3 is 15.6 Å². The summed E-state index contributed by atoms with van der Waals surface area (Å²) in [6.45, 7) is 5.06. The van der Waals surface area contributed by atoms with Crippen LogP contribution in [0.5, 0.6) is 5.75 Å². The van der Waals surface area contributed by atoms with E-state index in [0.717, 1.165) is 18.2 Å². The van der Waals surface area contributed by atoms with Crippen LogP contribution in [0.2, 0.25) is 0 Å². The topological polar surface area (TPSA) is 55.5 Å². The summed E-state index contributed by atoms with van der Waals surface area (Å²) in [4.78, 5) is 0. The summed E-state index contributed by atoms with van der Waals surface area (Å²) in [5.41, 5.74) is 4.86. The van der Waals surface area contributed by atoms with Gasteiger partial charge in [0.1, 0.15) is 11.6 Å². The molecule has 8 heteroatoms. The lowest BCUT2D eigenvalue weighted by atomic mass is 9.82. The van der Waals surface area contributed by atoms with E-state index in [1.54, 1.807) is 20.8 Å². The van der Waals surface area contributed by atoms with E-state index in [1.165, 1.54) is 0 Å². The quantitative estimate of drug-likeness (QED) is 0.833. The Bertz CT molecular complexity index is 474. The SMILES string of the molecule is CC(C)(C)[C@H](O)[C@H](N)c1cc(OC(F)(F)F)ccc1F.Cl. The second-order valence-corrected chi connectivity index (χ2v) is 5.57. The first-order chi connectivity index (χ1) is 8.92. The summed E-state index contributed by atoms with van der Waals surface area (Å²) in [5, 5.41) is 10.0. The van der Waals surface area contributed by atoms with Gasteiger partial charge in [0.05, 0.1) is 12.1 Å². The van der Waals surface area contributed by atoms with Gasteiger partial charge in [-0.2, -0.15) is 0 Å². The molecular formula is C13H18ClF4NO2. The maximum atomic E-state index is 13.7. The fourth-order valence-electron chi connectivity index (χ4n) is 1.68. The molecule has 0 radical (unpaired) electrons. The molecule has 0 unspecified atom stereocenters. The van der Waals surface area contributed by atoms with Crippen LogP contribution in [0, 0.1) is 11.2 Å². The summed E-state index contributed by atoms with van der Waals surface area (Å²) in [6, 6.07) is 1.36. The number of benzene rings is 1. The monoisotopic (exact) mass is 331 g/mol. The number of nitrogens with two attached hydrogens (primary N) is 1. The van der Waals surface area contributed by atoms with Crippen molar-refractivity contribution in [3.05, 3.63) is 29.6 Å². The number of halogens is 5. The predicted molar refractivity (Wildman–Crippen MR) is 72.7 cm³/mol. The van der Waals surface area contributed by atoms with Crippen LogP contribution in [0.25, 0.3) is 0 Å². The van der Waals surface area contributed by atoms with Gasteiger partial charge in [-0.25, -0.2) is 4.39 Å². The molecule has 1 rings (SSSR count). The molecule has 0 saturated carbocycles. The second-order valence-electron chi connectivity index (χ2n) is 5.57.